The van der Waals surface area contributed by atoms with E-state index in [0.717, 1.165) is 22.2 Å². The van der Waals surface area contributed by atoms with Crippen molar-refractivity contribution in [3.05, 3.63) is 84.1 Å². The Bertz CT molecular complexity index is 1050. The third kappa shape index (κ3) is 3.16. The molecule has 0 bridgehead atoms. The van der Waals surface area contributed by atoms with Gasteiger partial charge in [-0.15, -0.1) is 13.0 Å². The van der Waals surface area contributed by atoms with Gasteiger partial charge in [-0.1, -0.05) is 60.5 Å². The molecular formula is C24H22N2O2. The van der Waals surface area contributed by atoms with Gasteiger partial charge in [0.1, 0.15) is 12.6 Å². The minimum atomic E-state index is -0.400. The number of terminal acetylenes is 1. The molecule has 4 heteroatoms. The molecule has 2 heterocycles. The number of para-hydroxylation sites is 1. The first-order valence-electron chi connectivity index (χ1n) is 9.38. The number of ether oxygens (including phenoxy) is 1. The number of hydrogen-bond acceptors (Lipinski definition) is 2. The van der Waals surface area contributed by atoms with E-state index in [1.54, 1.807) is 4.90 Å². The second kappa shape index (κ2) is 7.66. The van der Waals surface area contributed by atoms with Crippen molar-refractivity contribution < 1.29 is 9.53 Å². The molecule has 2 aromatic carbocycles. The van der Waals surface area contributed by atoms with E-state index < -0.39 is 6.09 Å². The molecule has 1 amide bonds. The van der Waals surface area contributed by atoms with Crippen molar-refractivity contribution in [2.75, 3.05) is 0 Å². The third-order valence-electron chi connectivity index (χ3n) is 5.25. The molecule has 0 unspecified atom stereocenters. The molecular weight excluding hydrogens is 348 g/mol. The van der Waals surface area contributed by atoms with Crippen LogP contribution in [-0.4, -0.2) is 22.0 Å². The molecule has 4 rings (SSSR count). The lowest BCUT2D eigenvalue weighted by molar-refractivity contribution is 0.0657. The van der Waals surface area contributed by atoms with Gasteiger partial charge in [-0.3, -0.25) is 4.90 Å². The fourth-order valence-electron chi connectivity index (χ4n) is 3.95. The Labute approximate surface area is 164 Å². The molecule has 28 heavy (non-hydrogen) atoms. The average molecular weight is 370 g/mol. The first-order valence-corrected chi connectivity index (χ1v) is 9.38. The van der Waals surface area contributed by atoms with Crippen molar-refractivity contribution >= 4 is 17.0 Å². The maximum atomic E-state index is 13.0. The number of nitrogens with zero attached hydrogens (tertiary/aromatic N) is 1. The standard InChI is InChI=1S/C24H22N2O2/c1-3-10-22-23-20(19-13-8-9-14-21(19)25-23)15-18(4-2)26(22)24(27)28-16-17-11-6-5-7-12-17/h2-3,5-9,11-14,18,22,25H,1,10,15-16H2/t18-,22+/m1/s1. The van der Waals surface area contributed by atoms with Gasteiger partial charge in [0, 0.05) is 23.0 Å². The van der Waals surface area contributed by atoms with Crippen LogP contribution in [0.5, 0.6) is 0 Å². The minimum absolute atomic E-state index is 0.216. The number of nitrogens with one attached hydrogen (secondary N) is 1. The monoisotopic (exact) mass is 370 g/mol. The fourth-order valence-corrected chi connectivity index (χ4v) is 3.95. The summed E-state index contributed by atoms with van der Waals surface area (Å²) in [5.41, 5.74) is 4.19. The molecule has 140 valence electrons. The quantitative estimate of drug-likeness (QED) is 0.520. The van der Waals surface area contributed by atoms with Gasteiger partial charge in [0.15, 0.2) is 0 Å². The van der Waals surface area contributed by atoms with Crippen LogP contribution in [0.4, 0.5) is 4.79 Å². The van der Waals surface area contributed by atoms with Crippen LogP contribution >= 0.6 is 0 Å². The van der Waals surface area contributed by atoms with Crippen molar-refractivity contribution in [2.24, 2.45) is 0 Å². The van der Waals surface area contributed by atoms with Gasteiger partial charge in [-0.25, -0.2) is 4.79 Å². The van der Waals surface area contributed by atoms with E-state index in [1.807, 2.05) is 54.6 Å². The van der Waals surface area contributed by atoms with Gasteiger partial charge in [-0.2, -0.15) is 0 Å². The lowest BCUT2D eigenvalue weighted by Gasteiger charge is -2.38. The number of benzene rings is 2. The zero-order valence-electron chi connectivity index (χ0n) is 15.6. The normalized spacial score (nSPS) is 18.3. The van der Waals surface area contributed by atoms with Gasteiger partial charge in [-0.05, 0) is 23.6 Å². The number of carbonyl (C=O) groups is 1. The predicted molar refractivity (Wildman–Crippen MR) is 111 cm³/mol. The number of rotatable bonds is 4. The van der Waals surface area contributed by atoms with Crippen LogP contribution in [0.2, 0.25) is 0 Å². The minimum Gasteiger partial charge on any atom is -0.445 e. The number of carbonyl (C=O) groups excluding carboxylic acids is 1. The first-order chi connectivity index (χ1) is 13.7. The van der Waals surface area contributed by atoms with Gasteiger partial charge in [0.05, 0.1) is 6.04 Å². The third-order valence-corrected chi connectivity index (χ3v) is 5.25. The molecule has 1 aliphatic heterocycles. The molecule has 1 N–H and O–H groups in total. The summed E-state index contributed by atoms with van der Waals surface area (Å²) < 4.78 is 5.61. The smallest absolute Gasteiger partial charge is 0.411 e. The fraction of sp³-hybridized carbons (Fsp3) is 0.208. The molecule has 4 nitrogen and oxygen atoms in total. The molecule has 1 aliphatic rings. The van der Waals surface area contributed by atoms with E-state index in [0.29, 0.717) is 12.8 Å². The Kier molecular flexibility index (Phi) is 4.90. The summed E-state index contributed by atoms with van der Waals surface area (Å²) in [5.74, 6) is 2.79. The largest absolute Gasteiger partial charge is 0.445 e. The van der Waals surface area contributed by atoms with E-state index in [4.69, 9.17) is 11.2 Å². The topological polar surface area (TPSA) is 45.3 Å². The van der Waals surface area contributed by atoms with Gasteiger partial charge in [0.25, 0.3) is 0 Å². The summed E-state index contributed by atoms with van der Waals surface area (Å²) >= 11 is 0. The summed E-state index contributed by atoms with van der Waals surface area (Å²) in [6, 6.07) is 17.2. The molecule has 0 saturated heterocycles. The highest BCUT2D eigenvalue weighted by Gasteiger charge is 2.39. The Morgan fingerprint density at radius 1 is 1.25 bits per heavy atom. The van der Waals surface area contributed by atoms with Gasteiger partial charge in [0.2, 0.25) is 0 Å². The zero-order valence-corrected chi connectivity index (χ0v) is 15.6. The SMILES string of the molecule is C#C[C@@H]1Cc2c([nH]c3ccccc23)[C@H](CC=C)N1C(=O)OCc1ccccc1. The number of amides is 1. The molecule has 1 aromatic heterocycles. The van der Waals surface area contributed by atoms with E-state index in [9.17, 15) is 4.79 Å². The van der Waals surface area contributed by atoms with Crippen LogP contribution in [-0.2, 0) is 17.8 Å². The van der Waals surface area contributed by atoms with Crippen LogP contribution in [0.1, 0.15) is 29.3 Å². The Balaban J connectivity index is 1.67. The molecule has 0 radical (unpaired) electrons. The van der Waals surface area contributed by atoms with Gasteiger partial charge >= 0.3 is 6.09 Å². The number of aromatic nitrogens is 1. The molecule has 0 aliphatic carbocycles. The first kappa shape index (κ1) is 17.9. The number of hydrogen-bond donors (Lipinski definition) is 1. The number of H-pyrrole nitrogens is 1. The lowest BCUT2D eigenvalue weighted by Crippen LogP contribution is -2.46. The highest BCUT2D eigenvalue weighted by Crippen LogP contribution is 2.39. The van der Waals surface area contributed by atoms with Crippen LogP contribution in [0.25, 0.3) is 10.9 Å². The Hall–Kier alpha value is -3.45. The van der Waals surface area contributed by atoms with E-state index >= 15 is 0 Å². The van der Waals surface area contributed by atoms with Crippen molar-refractivity contribution in [3.63, 3.8) is 0 Å². The number of fused-ring (bicyclic) bond motifs is 3. The van der Waals surface area contributed by atoms with E-state index in [1.165, 1.54) is 5.56 Å². The second-order valence-electron chi connectivity index (χ2n) is 6.94. The lowest BCUT2D eigenvalue weighted by atomic mass is 9.91. The summed E-state index contributed by atoms with van der Waals surface area (Å²) in [4.78, 5) is 18.2. The second-order valence-corrected chi connectivity index (χ2v) is 6.94. The van der Waals surface area contributed by atoms with Crippen molar-refractivity contribution in [3.8, 4) is 12.3 Å². The van der Waals surface area contributed by atoms with Crippen LogP contribution < -0.4 is 0 Å². The summed E-state index contributed by atoms with van der Waals surface area (Å²) in [6.07, 6.45) is 8.44. The van der Waals surface area contributed by atoms with Crippen molar-refractivity contribution in [1.82, 2.24) is 9.88 Å². The molecule has 2 atom stereocenters. The average Bonchev–Trinajstić information content (AvgIpc) is 3.11. The highest BCUT2D eigenvalue weighted by atomic mass is 16.6. The van der Waals surface area contributed by atoms with Crippen LogP contribution in [0, 0.1) is 12.3 Å². The van der Waals surface area contributed by atoms with Crippen molar-refractivity contribution in [2.45, 2.75) is 31.5 Å². The van der Waals surface area contributed by atoms with Crippen LogP contribution in [0.15, 0.2) is 67.3 Å². The maximum absolute atomic E-state index is 13.0. The summed E-state index contributed by atoms with van der Waals surface area (Å²) in [5, 5.41) is 1.16. The molecule has 0 spiro atoms. The Morgan fingerprint density at radius 3 is 2.75 bits per heavy atom. The molecule has 0 fully saturated rings. The van der Waals surface area contributed by atoms with E-state index in [-0.39, 0.29) is 18.7 Å². The summed E-state index contributed by atoms with van der Waals surface area (Å²) in [6.45, 7) is 4.09. The predicted octanol–water partition coefficient (Wildman–Crippen LogP) is 4.98. The number of aromatic amines is 1. The van der Waals surface area contributed by atoms with Crippen molar-refractivity contribution in [1.29, 1.82) is 0 Å². The Morgan fingerprint density at radius 2 is 2.00 bits per heavy atom. The van der Waals surface area contributed by atoms with Gasteiger partial charge < -0.3 is 9.72 Å². The van der Waals surface area contributed by atoms with Crippen LogP contribution in [0.3, 0.4) is 0 Å². The molecule has 3 aromatic rings. The maximum Gasteiger partial charge on any atom is 0.411 e. The highest BCUT2D eigenvalue weighted by molar-refractivity contribution is 5.86. The zero-order chi connectivity index (χ0) is 19.5. The summed E-state index contributed by atoms with van der Waals surface area (Å²) in [7, 11) is 0. The van der Waals surface area contributed by atoms with E-state index in [2.05, 4.69) is 23.5 Å². The molecule has 0 saturated carbocycles.